The van der Waals surface area contributed by atoms with Gasteiger partial charge in [-0.15, -0.1) is 0 Å². The van der Waals surface area contributed by atoms with Gasteiger partial charge in [-0.1, -0.05) is 29.3 Å². The Kier molecular flexibility index (Phi) is 5.00. The number of aromatic nitrogens is 2. The van der Waals surface area contributed by atoms with E-state index < -0.39 is 15.7 Å². The third-order valence-electron chi connectivity index (χ3n) is 3.60. The van der Waals surface area contributed by atoms with Crippen LogP contribution >= 0.6 is 23.2 Å². The number of benzene rings is 1. The average molecular weight is 394 g/mol. The number of rotatable bonds is 3. The fourth-order valence-electron chi connectivity index (χ4n) is 2.28. The van der Waals surface area contributed by atoms with Gasteiger partial charge in [0.1, 0.15) is 16.6 Å². The van der Waals surface area contributed by atoms with E-state index in [-0.39, 0.29) is 0 Å². The van der Waals surface area contributed by atoms with Crippen LogP contribution in [0.2, 0.25) is 10.0 Å². The summed E-state index contributed by atoms with van der Waals surface area (Å²) >= 11 is 12.4. The van der Waals surface area contributed by atoms with E-state index in [1.807, 2.05) is 49.7 Å². The van der Waals surface area contributed by atoms with Crippen LogP contribution in [0.25, 0.3) is 16.8 Å². The summed E-state index contributed by atoms with van der Waals surface area (Å²) < 4.78 is 18.0. The predicted molar refractivity (Wildman–Crippen MR) is 106 cm³/mol. The Morgan fingerprint density at radius 1 is 1.20 bits per heavy atom. The van der Waals surface area contributed by atoms with E-state index in [4.69, 9.17) is 23.2 Å². The van der Waals surface area contributed by atoms with E-state index in [1.165, 1.54) is 0 Å². The molecule has 1 atom stereocenters. The van der Waals surface area contributed by atoms with Crippen LogP contribution in [-0.4, -0.2) is 24.6 Å². The molecule has 0 spiro atoms. The van der Waals surface area contributed by atoms with E-state index in [9.17, 15) is 4.21 Å². The number of nitrogens with zero attached hydrogens (tertiary/aromatic N) is 3. The minimum atomic E-state index is -1.35. The van der Waals surface area contributed by atoms with E-state index in [1.54, 1.807) is 24.5 Å². The quantitative estimate of drug-likeness (QED) is 0.574. The molecule has 1 unspecified atom stereocenters. The van der Waals surface area contributed by atoms with Gasteiger partial charge in [0.25, 0.3) is 0 Å². The third-order valence-corrected chi connectivity index (χ3v) is 5.49. The molecule has 3 aromatic rings. The Labute approximate surface area is 159 Å². The van der Waals surface area contributed by atoms with Crippen LogP contribution in [0.5, 0.6) is 0 Å². The molecule has 0 fully saturated rings. The summed E-state index contributed by atoms with van der Waals surface area (Å²) in [6, 6.07) is 7.24. The molecule has 0 saturated heterocycles. The zero-order valence-corrected chi connectivity index (χ0v) is 16.4. The topological polar surface area (TPSA) is 46.7 Å². The molecule has 3 rings (SSSR count). The molecule has 2 heterocycles. The highest BCUT2D eigenvalue weighted by Gasteiger charge is 2.18. The smallest absolute Gasteiger partial charge is 0.144 e. The molecule has 0 N–H and O–H groups in total. The third kappa shape index (κ3) is 3.94. The van der Waals surface area contributed by atoms with E-state index in [0.717, 1.165) is 22.3 Å². The number of hydrogen-bond donors (Lipinski definition) is 0. The highest BCUT2D eigenvalue weighted by Crippen LogP contribution is 2.32. The summed E-state index contributed by atoms with van der Waals surface area (Å²) in [6.07, 6.45) is 7.13. The highest BCUT2D eigenvalue weighted by molar-refractivity contribution is 7.85. The maximum Gasteiger partial charge on any atom is 0.144 e. The van der Waals surface area contributed by atoms with Crippen molar-refractivity contribution in [1.29, 1.82) is 0 Å². The predicted octanol–water partition coefficient (Wildman–Crippen LogP) is 5.19. The van der Waals surface area contributed by atoms with Crippen molar-refractivity contribution in [2.24, 2.45) is 4.40 Å². The summed E-state index contributed by atoms with van der Waals surface area (Å²) in [4.78, 5) is 4.30. The molecule has 0 aliphatic heterocycles. The lowest BCUT2D eigenvalue weighted by Gasteiger charge is -2.13. The summed E-state index contributed by atoms with van der Waals surface area (Å²) in [5, 5.41) is 1.11. The summed E-state index contributed by atoms with van der Waals surface area (Å²) in [5.74, 6) is 0. The van der Waals surface area contributed by atoms with Crippen molar-refractivity contribution in [2.45, 2.75) is 25.5 Å². The standard InChI is InChI=1S/C18H17Cl2N3OS/c1-18(2,3)25(24)22-10-12-8-17-21-6-7-23(17)11-15(12)14-5-4-13(19)9-16(14)20/h4-11H,1-3H3/b22-10+. The van der Waals surface area contributed by atoms with Crippen molar-refractivity contribution >= 4 is 46.0 Å². The van der Waals surface area contributed by atoms with Gasteiger partial charge in [0.2, 0.25) is 0 Å². The molecular formula is C18H17Cl2N3OS. The molecule has 0 aliphatic rings. The SMILES string of the molecule is CC(C)(C)S(=O)/N=C/c1cc2nccn2cc1-c1ccc(Cl)cc1Cl. The van der Waals surface area contributed by atoms with Crippen LogP contribution in [0.4, 0.5) is 0 Å². The second-order valence-electron chi connectivity index (χ2n) is 6.56. The van der Waals surface area contributed by atoms with Crippen molar-refractivity contribution in [1.82, 2.24) is 9.38 Å². The van der Waals surface area contributed by atoms with Gasteiger partial charge in [0, 0.05) is 51.5 Å². The van der Waals surface area contributed by atoms with Crippen LogP contribution in [0.15, 0.2) is 47.3 Å². The number of pyridine rings is 1. The average Bonchev–Trinajstić information content (AvgIpc) is 2.98. The lowest BCUT2D eigenvalue weighted by atomic mass is 10.0. The summed E-state index contributed by atoms with van der Waals surface area (Å²) in [7, 11) is -1.35. The fraction of sp³-hybridized carbons (Fsp3) is 0.222. The summed E-state index contributed by atoms with van der Waals surface area (Å²) in [5.41, 5.74) is 3.25. The van der Waals surface area contributed by atoms with E-state index in [2.05, 4.69) is 9.38 Å². The number of fused-ring (bicyclic) bond motifs is 1. The zero-order chi connectivity index (χ0) is 18.2. The van der Waals surface area contributed by atoms with E-state index >= 15 is 0 Å². The molecule has 0 radical (unpaired) electrons. The first-order chi connectivity index (χ1) is 11.8. The van der Waals surface area contributed by atoms with Gasteiger partial charge in [-0.3, -0.25) is 0 Å². The van der Waals surface area contributed by atoms with Crippen LogP contribution in [0, 0.1) is 0 Å². The Morgan fingerprint density at radius 3 is 2.64 bits per heavy atom. The Morgan fingerprint density at radius 2 is 1.96 bits per heavy atom. The lowest BCUT2D eigenvalue weighted by molar-refractivity contribution is 0.651. The minimum absolute atomic E-state index is 0.425. The minimum Gasteiger partial charge on any atom is -0.306 e. The van der Waals surface area contributed by atoms with Gasteiger partial charge >= 0.3 is 0 Å². The molecule has 7 heteroatoms. The molecule has 25 heavy (non-hydrogen) atoms. The molecular weight excluding hydrogens is 377 g/mol. The van der Waals surface area contributed by atoms with Gasteiger partial charge in [0.15, 0.2) is 0 Å². The Hall–Kier alpha value is -1.69. The molecule has 1 aromatic carbocycles. The van der Waals surface area contributed by atoms with Crippen LogP contribution in [0.1, 0.15) is 26.3 Å². The molecule has 0 saturated carbocycles. The Bertz CT molecular complexity index is 990. The zero-order valence-electron chi connectivity index (χ0n) is 14.0. The van der Waals surface area contributed by atoms with Crippen LogP contribution < -0.4 is 0 Å². The fourth-order valence-corrected chi connectivity index (χ4v) is 3.31. The first-order valence-electron chi connectivity index (χ1n) is 7.64. The number of imidazole rings is 1. The van der Waals surface area contributed by atoms with Crippen LogP contribution in [0.3, 0.4) is 0 Å². The van der Waals surface area contributed by atoms with Crippen molar-refractivity contribution in [2.75, 3.05) is 0 Å². The largest absolute Gasteiger partial charge is 0.306 e. The van der Waals surface area contributed by atoms with Crippen molar-refractivity contribution in [3.8, 4) is 11.1 Å². The van der Waals surface area contributed by atoms with Gasteiger partial charge in [-0.2, -0.15) is 4.40 Å². The van der Waals surface area contributed by atoms with Crippen molar-refractivity contribution < 1.29 is 4.21 Å². The first-order valence-corrected chi connectivity index (χ1v) is 9.50. The Balaban J connectivity index is 2.16. The normalized spacial score (nSPS) is 13.6. The molecule has 0 aliphatic carbocycles. The molecule has 0 amide bonds. The monoisotopic (exact) mass is 393 g/mol. The molecule has 0 bridgehead atoms. The van der Waals surface area contributed by atoms with Gasteiger partial charge in [0.05, 0.1) is 4.75 Å². The van der Waals surface area contributed by atoms with E-state index in [0.29, 0.717) is 10.0 Å². The number of hydrogen-bond acceptors (Lipinski definition) is 2. The highest BCUT2D eigenvalue weighted by atomic mass is 35.5. The van der Waals surface area contributed by atoms with Gasteiger partial charge < -0.3 is 4.40 Å². The second-order valence-corrected chi connectivity index (χ2v) is 9.33. The van der Waals surface area contributed by atoms with Gasteiger partial charge in [-0.25, -0.2) is 9.19 Å². The van der Waals surface area contributed by atoms with Crippen molar-refractivity contribution in [3.63, 3.8) is 0 Å². The first kappa shape index (κ1) is 18.1. The maximum atomic E-state index is 12.3. The van der Waals surface area contributed by atoms with Crippen molar-refractivity contribution in [3.05, 3.63) is 58.5 Å². The molecule has 4 nitrogen and oxygen atoms in total. The number of halogens is 2. The molecule has 2 aromatic heterocycles. The molecule has 130 valence electrons. The van der Waals surface area contributed by atoms with Gasteiger partial charge in [-0.05, 0) is 39.0 Å². The second kappa shape index (κ2) is 6.90. The lowest BCUT2D eigenvalue weighted by Crippen LogP contribution is -2.19. The summed E-state index contributed by atoms with van der Waals surface area (Å²) in [6.45, 7) is 5.65. The maximum absolute atomic E-state index is 12.3. The van der Waals surface area contributed by atoms with Crippen LogP contribution in [-0.2, 0) is 11.0 Å².